The minimum absolute atomic E-state index is 0.00399. The van der Waals surface area contributed by atoms with Crippen molar-refractivity contribution in [2.24, 2.45) is 0 Å². The molecule has 5 rings (SSSR count). The molecule has 8 nitrogen and oxygen atoms in total. The number of nitrogens with zero attached hydrogens (tertiary/aromatic N) is 2. The zero-order valence-electron chi connectivity index (χ0n) is 17.0. The molecule has 1 aromatic carbocycles. The van der Waals surface area contributed by atoms with Crippen LogP contribution in [-0.4, -0.2) is 42.4 Å². The highest BCUT2D eigenvalue weighted by Crippen LogP contribution is 2.45. The lowest BCUT2D eigenvalue weighted by Gasteiger charge is -2.28. The van der Waals surface area contributed by atoms with Gasteiger partial charge in [0.1, 0.15) is 15.5 Å². The fraction of sp³-hybridized carbons (Fsp3) is 0.286. The molecule has 2 aromatic heterocycles. The molecule has 0 bridgehead atoms. The van der Waals surface area contributed by atoms with Crippen molar-refractivity contribution < 1.29 is 27.5 Å². The van der Waals surface area contributed by atoms with E-state index in [1.807, 2.05) is 0 Å². The topological polar surface area (TPSA) is 95.6 Å². The second-order valence-corrected chi connectivity index (χ2v) is 8.64. The third kappa shape index (κ3) is 4.18. The molecule has 3 N–H and O–H groups in total. The molecule has 172 valence electrons. The largest absolute Gasteiger partial charge is 0.573 e. The lowest BCUT2D eigenvalue weighted by atomic mass is 10.1. The highest BCUT2D eigenvalue weighted by atomic mass is 32.1. The number of carbonyl (C=O) groups is 2. The van der Waals surface area contributed by atoms with Crippen LogP contribution in [0.15, 0.2) is 36.5 Å². The Morgan fingerprint density at radius 2 is 2.03 bits per heavy atom. The Balaban J connectivity index is 1.48. The number of benzene rings is 1. The number of amides is 3. The van der Waals surface area contributed by atoms with Crippen molar-refractivity contribution >= 4 is 50.6 Å². The quantitative estimate of drug-likeness (QED) is 0.519. The number of piperidine rings is 1. The molecule has 1 atom stereocenters. The van der Waals surface area contributed by atoms with Gasteiger partial charge >= 0.3 is 12.4 Å². The van der Waals surface area contributed by atoms with Gasteiger partial charge in [-0.15, -0.1) is 24.5 Å². The van der Waals surface area contributed by atoms with E-state index in [9.17, 15) is 22.8 Å². The number of urea groups is 1. The molecular formula is C21H18F3N5O3S. The molecular weight excluding hydrogens is 459 g/mol. The third-order valence-electron chi connectivity index (χ3n) is 5.41. The van der Waals surface area contributed by atoms with Crippen LogP contribution in [0.4, 0.5) is 35.0 Å². The van der Waals surface area contributed by atoms with E-state index >= 15 is 0 Å². The van der Waals surface area contributed by atoms with Crippen molar-refractivity contribution in [1.29, 1.82) is 0 Å². The number of nitrogens with one attached hydrogen (secondary N) is 3. The molecule has 2 aliphatic heterocycles. The number of hydrogen-bond donors (Lipinski definition) is 3. The summed E-state index contributed by atoms with van der Waals surface area (Å²) in [5, 5.41) is 9.61. The first-order valence-electron chi connectivity index (χ1n) is 10.2. The Morgan fingerprint density at radius 1 is 1.24 bits per heavy atom. The molecule has 2 aliphatic rings. The van der Waals surface area contributed by atoms with Crippen LogP contribution >= 0.6 is 11.3 Å². The molecule has 12 heteroatoms. The molecule has 0 spiro atoms. The molecule has 3 aromatic rings. The number of aromatic nitrogens is 1. The molecule has 0 aliphatic carbocycles. The molecule has 3 amide bonds. The second kappa shape index (κ2) is 8.19. The summed E-state index contributed by atoms with van der Waals surface area (Å²) in [7, 11) is 0. The Morgan fingerprint density at radius 3 is 2.73 bits per heavy atom. The predicted octanol–water partition coefficient (Wildman–Crippen LogP) is 4.36. The fourth-order valence-electron chi connectivity index (χ4n) is 4.02. The Hall–Kier alpha value is -3.38. The predicted molar refractivity (Wildman–Crippen MR) is 117 cm³/mol. The standard InChI is InChI=1S/C21H18F3N5O3S/c22-21(23,24)32-13-5-3-12(4-6-13)29-14-7-9-26-19-15(14)16(28-20(29)31)17(33-19)18(30)27-11-2-1-8-25-10-11/h3-7,9,11,25H,1-2,8,10H2,(H,27,30)(H,28,31)/t11-/m1/s1. The Labute approximate surface area is 189 Å². The average molecular weight is 477 g/mol. The molecule has 0 saturated carbocycles. The van der Waals surface area contributed by atoms with Crippen LogP contribution in [0.25, 0.3) is 10.2 Å². The maximum atomic E-state index is 13.0. The summed E-state index contributed by atoms with van der Waals surface area (Å²) in [6.07, 6.45) is -1.44. The highest BCUT2D eigenvalue weighted by molar-refractivity contribution is 7.21. The van der Waals surface area contributed by atoms with Gasteiger partial charge in [-0.3, -0.25) is 9.69 Å². The van der Waals surface area contributed by atoms with Crippen molar-refractivity contribution in [3.05, 3.63) is 41.4 Å². The first-order chi connectivity index (χ1) is 15.8. The summed E-state index contributed by atoms with van der Waals surface area (Å²) in [5.41, 5.74) is 1.21. The number of halogens is 3. The zero-order valence-corrected chi connectivity index (χ0v) is 17.8. The number of carbonyl (C=O) groups excluding carboxylic acids is 2. The zero-order chi connectivity index (χ0) is 23.2. The van der Waals surface area contributed by atoms with Gasteiger partial charge in [-0.05, 0) is 49.7 Å². The van der Waals surface area contributed by atoms with E-state index in [0.717, 1.165) is 31.5 Å². The number of ether oxygens (including phenoxy) is 1. The van der Waals surface area contributed by atoms with Gasteiger partial charge in [-0.25, -0.2) is 9.78 Å². The van der Waals surface area contributed by atoms with Gasteiger partial charge in [0.2, 0.25) is 0 Å². The van der Waals surface area contributed by atoms with Gasteiger partial charge in [0.25, 0.3) is 5.91 Å². The Kier molecular flexibility index (Phi) is 5.33. The van der Waals surface area contributed by atoms with E-state index in [2.05, 4.69) is 25.7 Å². The lowest BCUT2D eigenvalue weighted by molar-refractivity contribution is -0.274. The van der Waals surface area contributed by atoms with Gasteiger partial charge < -0.3 is 20.7 Å². The maximum absolute atomic E-state index is 13.0. The summed E-state index contributed by atoms with van der Waals surface area (Å²) < 4.78 is 41.3. The summed E-state index contributed by atoms with van der Waals surface area (Å²) >= 11 is 1.18. The van der Waals surface area contributed by atoms with Crippen molar-refractivity contribution in [1.82, 2.24) is 15.6 Å². The van der Waals surface area contributed by atoms with Gasteiger partial charge in [0.15, 0.2) is 0 Å². The monoisotopic (exact) mass is 477 g/mol. The lowest BCUT2D eigenvalue weighted by Crippen LogP contribution is -2.45. The van der Waals surface area contributed by atoms with Crippen LogP contribution in [0, 0.1) is 0 Å². The van der Waals surface area contributed by atoms with E-state index in [4.69, 9.17) is 0 Å². The van der Waals surface area contributed by atoms with Crippen LogP contribution in [-0.2, 0) is 0 Å². The first-order valence-corrected chi connectivity index (χ1v) is 11.0. The number of alkyl halides is 3. The van der Waals surface area contributed by atoms with E-state index in [1.54, 1.807) is 6.07 Å². The molecule has 1 fully saturated rings. The van der Waals surface area contributed by atoms with Crippen molar-refractivity contribution in [2.45, 2.75) is 25.2 Å². The van der Waals surface area contributed by atoms with E-state index < -0.39 is 18.1 Å². The van der Waals surface area contributed by atoms with Crippen LogP contribution < -0.4 is 25.6 Å². The number of anilines is 3. The molecule has 33 heavy (non-hydrogen) atoms. The SMILES string of the molecule is O=C(N[C@@H]1CCCNC1)c1sc2nccc3c2c1NC(=O)N3c1ccc(OC(F)(F)F)cc1. The highest BCUT2D eigenvalue weighted by Gasteiger charge is 2.34. The normalized spacial score (nSPS) is 18.2. The number of thiophene rings is 1. The minimum atomic E-state index is -4.81. The summed E-state index contributed by atoms with van der Waals surface area (Å²) in [6.45, 7) is 1.60. The van der Waals surface area contributed by atoms with Gasteiger partial charge in [0, 0.05) is 18.8 Å². The van der Waals surface area contributed by atoms with Crippen LogP contribution in [0.5, 0.6) is 5.75 Å². The fourth-order valence-corrected chi connectivity index (χ4v) is 5.05. The van der Waals surface area contributed by atoms with Crippen molar-refractivity contribution in [2.75, 3.05) is 23.3 Å². The van der Waals surface area contributed by atoms with Gasteiger partial charge in [0.05, 0.1) is 22.4 Å². The van der Waals surface area contributed by atoms with E-state index in [-0.39, 0.29) is 11.9 Å². The van der Waals surface area contributed by atoms with E-state index in [1.165, 1.54) is 34.6 Å². The second-order valence-electron chi connectivity index (χ2n) is 7.64. The first kappa shape index (κ1) is 21.5. The van der Waals surface area contributed by atoms with Crippen LogP contribution in [0.1, 0.15) is 22.5 Å². The van der Waals surface area contributed by atoms with Crippen molar-refractivity contribution in [3.63, 3.8) is 0 Å². The van der Waals surface area contributed by atoms with Crippen LogP contribution in [0.2, 0.25) is 0 Å². The summed E-state index contributed by atoms with van der Waals surface area (Å²) in [6, 6.07) is 6.07. The average Bonchev–Trinajstić information content (AvgIpc) is 3.14. The molecule has 0 unspecified atom stereocenters. The molecule has 1 saturated heterocycles. The van der Waals surface area contributed by atoms with Crippen molar-refractivity contribution in [3.8, 4) is 5.75 Å². The maximum Gasteiger partial charge on any atom is 0.573 e. The van der Waals surface area contributed by atoms with E-state index in [0.29, 0.717) is 38.7 Å². The van der Waals surface area contributed by atoms with Gasteiger partial charge in [-0.2, -0.15) is 0 Å². The van der Waals surface area contributed by atoms with Crippen LogP contribution in [0.3, 0.4) is 0 Å². The summed E-state index contributed by atoms with van der Waals surface area (Å²) in [5.74, 6) is -0.675. The minimum Gasteiger partial charge on any atom is -0.406 e. The molecule has 4 heterocycles. The Bertz CT molecular complexity index is 1220. The number of hydrogen-bond acceptors (Lipinski definition) is 6. The summed E-state index contributed by atoms with van der Waals surface area (Å²) in [4.78, 5) is 32.6. The number of rotatable bonds is 4. The smallest absolute Gasteiger partial charge is 0.406 e. The molecule has 0 radical (unpaired) electrons. The van der Waals surface area contributed by atoms with Gasteiger partial charge in [-0.1, -0.05) is 0 Å². The number of pyridine rings is 1. The third-order valence-corrected chi connectivity index (χ3v) is 6.51.